The molecule has 39 heavy (non-hydrogen) atoms. The Morgan fingerprint density at radius 1 is 1.21 bits per heavy atom. The molecule has 0 radical (unpaired) electrons. The third-order valence-corrected chi connectivity index (χ3v) is 7.45. The lowest BCUT2D eigenvalue weighted by molar-refractivity contribution is -0.274. The molecule has 0 amide bonds. The summed E-state index contributed by atoms with van der Waals surface area (Å²) in [7, 11) is -4.07. The van der Waals surface area contributed by atoms with Gasteiger partial charge in [-0.1, -0.05) is 11.2 Å². The van der Waals surface area contributed by atoms with Crippen molar-refractivity contribution in [2.24, 2.45) is 0 Å². The topological polar surface area (TPSA) is 108 Å². The predicted molar refractivity (Wildman–Crippen MR) is 120 cm³/mol. The summed E-state index contributed by atoms with van der Waals surface area (Å²) in [5.74, 6) is -8.23. The summed E-state index contributed by atoms with van der Waals surface area (Å²) in [5, 5.41) is 3.22. The van der Waals surface area contributed by atoms with Gasteiger partial charge in [0, 0.05) is 17.8 Å². The van der Waals surface area contributed by atoms with Gasteiger partial charge in [0.2, 0.25) is 10.0 Å². The van der Waals surface area contributed by atoms with Crippen molar-refractivity contribution in [3.05, 3.63) is 64.3 Å². The second-order valence-electron chi connectivity index (χ2n) is 8.47. The SMILES string of the molecule is CCS(=O)(=O)N[C@@H]1Cn2c(cn(-c3noc4cc(OC(F)(F)F)cc(-c5c(F)cccc5F)c34)c2=O)C1(F)F. The highest BCUT2D eigenvalue weighted by molar-refractivity contribution is 7.89. The fourth-order valence-electron chi connectivity index (χ4n) is 4.30. The van der Waals surface area contributed by atoms with Crippen molar-refractivity contribution in [3.63, 3.8) is 0 Å². The van der Waals surface area contributed by atoms with Gasteiger partial charge in [-0.15, -0.1) is 13.2 Å². The zero-order chi connectivity index (χ0) is 28.5. The highest BCUT2D eigenvalue weighted by atomic mass is 32.2. The summed E-state index contributed by atoms with van der Waals surface area (Å²) in [4.78, 5) is 13.1. The maximum atomic E-state index is 15.1. The molecule has 1 atom stereocenters. The van der Waals surface area contributed by atoms with Crippen LogP contribution in [0.4, 0.5) is 30.7 Å². The zero-order valence-corrected chi connectivity index (χ0v) is 20.2. The number of nitrogens with zero attached hydrogens (tertiary/aromatic N) is 3. The van der Waals surface area contributed by atoms with E-state index < -0.39 is 91.9 Å². The van der Waals surface area contributed by atoms with Crippen LogP contribution in [0.25, 0.3) is 27.9 Å². The number of alkyl halides is 5. The number of imidazole rings is 1. The number of hydrogen-bond acceptors (Lipinski definition) is 6. The van der Waals surface area contributed by atoms with Crippen LogP contribution in [0.5, 0.6) is 5.75 Å². The number of nitrogens with one attached hydrogen (secondary N) is 1. The summed E-state index contributed by atoms with van der Waals surface area (Å²) >= 11 is 0. The molecule has 3 heterocycles. The molecule has 208 valence electrons. The van der Waals surface area contributed by atoms with Gasteiger partial charge in [0.15, 0.2) is 11.4 Å². The minimum Gasteiger partial charge on any atom is -0.406 e. The highest BCUT2D eigenvalue weighted by Gasteiger charge is 2.52. The van der Waals surface area contributed by atoms with E-state index in [-0.39, 0.29) is 5.39 Å². The highest BCUT2D eigenvalue weighted by Crippen LogP contribution is 2.42. The van der Waals surface area contributed by atoms with Crippen LogP contribution in [0, 0.1) is 11.6 Å². The summed E-state index contributed by atoms with van der Waals surface area (Å²) in [6.45, 7) is 0.473. The minimum absolute atomic E-state index is 0.383. The van der Waals surface area contributed by atoms with E-state index in [1.54, 1.807) is 0 Å². The first-order valence-electron chi connectivity index (χ1n) is 11.0. The van der Waals surface area contributed by atoms with Gasteiger partial charge in [0.1, 0.15) is 29.1 Å². The monoisotopic (exact) mass is 580 g/mol. The third kappa shape index (κ3) is 4.54. The molecule has 17 heteroatoms. The molecule has 0 unspecified atom stereocenters. The molecule has 0 aliphatic carbocycles. The summed E-state index contributed by atoms with van der Waals surface area (Å²) < 4.78 is 134. The van der Waals surface area contributed by atoms with Crippen molar-refractivity contribution in [1.82, 2.24) is 19.0 Å². The van der Waals surface area contributed by atoms with Gasteiger partial charge in [0.05, 0.1) is 23.2 Å². The molecular weight excluding hydrogens is 565 g/mol. The lowest BCUT2D eigenvalue weighted by Gasteiger charge is -2.19. The molecule has 0 spiro atoms. The Hall–Kier alpha value is -3.86. The standard InChI is InChI=1S/C22H15F7N4O5S/c1-2-39(35,36)31-15-8-32-16(21(15,25)26)9-33(20(32)34)19-18-11(17-12(23)4-3-5-13(17)24)6-10(37-22(27,28)29)7-14(18)38-30-19/h3-7,9,15,31H,2,8H2,1H3/t15-/m1/s1. The molecule has 1 aliphatic rings. The van der Waals surface area contributed by atoms with Gasteiger partial charge in [-0.05, 0) is 25.1 Å². The molecule has 0 saturated carbocycles. The number of fused-ring (bicyclic) bond motifs is 2. The van der Waals surface area contributed by atoms with Crippen LogP contribution in [-0.4, -0.2) is 40.9 Å². The molecule has 0 fully saturated rings. The molecule has 0 bridgehead atoms. The number of ether oxygens (including phenoxy) is 1. The molecule has 4 aromatic rings. The quantitative estimate of drug-likeness (QED) is 0.345. The Morgan fingerprint density at radius 2 is 1.87 bits per heavy atom. The van der Waals surface area contributed by atoms with Crippen LogP contribution in [0.3, 0.4) is 0 Å². The Morgan fingerprint density at radius 3 is 2.46 bits per heavy atom. The maximum Gasteiger partial charge on any atom is 0.573 e. The van der Waals surface area contributed by atoms with Crippen molar-refractivity contribution in [1.29, 1.82) is 0 Å². The fraction of sp³-hybridized carbons (Fsp3) is 0.273. The van der Waals surface area contributed by atoms with Gasteiger partial charge in [-0.3, -0.25) is 4.57 Å². The molecule has 1 N–H and O–H groups in total. The number of halogens is 7. The lowest BCUT2D eigenvalue weighted by Crippen LogP contribution is -2.45. The van der Waals surface area contributed by atoms with Crippen LogP contribution >= 0.6 is 0 Å². The summed E-state index contributed by atoms with van der Waals surface area (Å²) in [6.07, 6.45) is -4.55. The van der Waals surface area contributed by atoms with Crippen LogP contribution in [0.2, 0.25) is 0 Å². The Labute approximate surface area is 213 Å². The number of sulfonamides is 1. The smallest absolute Gasteiger partial charge is 0.406 e. The van der Waals surface area contributed by atoms with E-state index >= 15 is 8.78 Å². The zero-order valence-electron chi connectivity index (χ0n) is 19.4. The van der Waals surface area contributed by atoms with Crippen molar-refractivity contribution < 1.29 is 48.4 Å². The predicted octanol–water partition coefficient (Wildman–Crippen LogP) is 4.04. The summed E-state index contributed by atoms with van der Waals surface area (Å²) in [5.41, 5.74) is -3.95. The molecule has 1 aliphatic heterocycles. The second-order valence-corrected chi connectivity index (χ2v) is 10.5. The van der Waals surface area contributed by atoms with E-state index in [0.29, 0.717) is 27.5 Å². The van der Waals surface area contributed by atoms with E-state index in [4.69, 9.17) is 4.52 Å². The average molecular weight is 580 g/mol. The second kappa shape index (κ2) is 8.84. The first-order chi connectivity index (χ1) is 18.1. The molecule has 0 saturated heterocycles. The van der Waals surface area contributed by atoms with E-state index in [1.165, 1.54) is 6.92 Å². The average Bonchev–Trinajstić information content (AvgIpc) is 3.45. The van der Waals surface area contributed by atoms with E-state index in [2.05, 4.69) is 9.89 Å². The number of rotatable bonds is 6. The normalized spacial score (nSPS) is 17.1. The minimum atomic E-state index is -5.19. The Bertz CT molecular complexity index is 1760. The van der Waals surface area contributed by atoms with Crippen LogP contribution in [0.1, 0.15) is 12.6 Å². The number of hydrogen-bond donors (Lipinski definition) is 1. The maximum absolute atomic E-state index is 15.1. The van der Waals surface area contributed by atoms with Gasteiger partial charge < -0.3 is 9.26 Å². The van der Waals surface area contributed by atoms with Gasteiger partial charge in [-0.25, -0.2) is 31.3 Å². The first-order valence-corrected chi connectivity index (χ1v) is 12.6. The lowest BCUT2D eigenvalue weighted by atomic mass is 10.00. The largest absolute Gasteiger partial charge is 0.573 e. The molecule has 5 rings (SSSR count). The summed E-state index contributed by atoms with van der Waals surface area (Å²) in [6, 6.07) is 2.01. The molecule has 2 aromatic heterocycles. The first kappa shape index (κ1) is 26.7. The van der Waals surface area contributed by atoms with Crippen molar-refractivity contribution in [2.75, 3.05) is 5.75 Å². The van der Waals surface area contributed by atoms with E-state index in [9.17, 15) is 35.2 Å². The van der Waals surface area contributed by atoms with Crippen molar-refractivity contribution in [2.45, 2.75) is 31.8 Å². The van der Waals surface area contributed by atoms with Crippen LogP contribution in [0.15, 0.2) is 45.8 Å². The van der Waals surface area contributed by atoms with Crippen LogP contribution in [-0.2, 0) is 22.5 Å². The number of aromatic nitrogens is 3. The molecule has 2 aromatic carbocycles. The fourth-order valence-corrected chi connectivity index (χ4v) is 5.12. The van der Waals surface area contributed by atoms with Gasteiger partial charge in [0.25, 0.3) is 0 Å². The van der Waals surface area contributed by atoms with Crippen molar-refractivity contribution >= 4 is 21.0 Å². The van der Waals surface area contributed by atoms with Gasteiger partial charge >= 0.3 is 18.0 Å². The van der Waals surface area contributed by atoms with Crippen molar-refractivity contribution in [3.8, 4) is 22.7 Å². The van der Waals surface area contributed by atoms with E-state index in [1.807, 2.05) is 4.72 Å². The molecular formula is C22H15F7N4O5S. The number of benzene rings is 2. The Balaban J connectivity index is 1.71. The third-order valence-electron chi connectivity index (χ3n) is 6.05. The van der Waals surface area contributed by atoms with Gasteiger partial charge in [-0.2, -0.15) is 8.78 Å². The Kier molecular flexibility index (Phi) is 6.06. The van der Waals surface area contributed by atoms with E-state index in [0.717, 1.165) is 18.2 Å². The van der Waals surface area contributed by atoms with Crippen LogP contribution < -0.4 is 15.1 Å². The molecule has 9 nitrogen and oxygen atoms in total.